The van der Waals surface area contributed by atoms with Crippen molar-refractivity contribution in [3.05, 3.63) is 29.8 Å². The summed E-state index contributed by atoms with van der Waals surface area (Å²) in [7, 11) is 0. The minimum absolute atomic E-state index is 0.0180. The first-order valence-electron chi connectivity index (χ1n) is 11.1. The Morgan fingerprint density at radius 1 is 1.03 bits per heavy atom. The van der Waals surface area contributed by atoms with Crippen molar-refractivity contribution in [3.8, 4) is 5.75 Å². The van der Waals surface area contributed by atoms with E-state index in [4.69, 9.17) is 4.74 Å². The Hall–Kier alpha value is -2.24. The predicted molar refractivity (Wildman–Crippen MR) is 114 cm³/mol. The molecule has 0 aromatic heterocycles. The molecule has 0 bridgehead atoms. The molecule has 0 spiro atoms. The van der Waals surface area contributed by atoms with Crippen LogP contribution in [-0.2, 0) is 11.2 Å². The maximum atomic E-state index is 12.5. The fourth-order valence-corrected chi connectivity index (χ4v) is 3.93. The van der Waals surface area contributed by atoms with Gasteiger partial charge in [-0.05, 0) is 55.7 Å². The first-order chi connectivity index (χ1) is 14.0. The third-order valence-corrected chi connectivity index (χ3v) is 5.73. The number of carbonyl (C=O) groups is 2. The van der Waals surface area contributed by atoms with Crippen LogP contribution in [0.1, 0.15) is 45.1 Å². The molecular weight excluding hydrogens is 366 g/mol. The van der Waals surface area contributed by atoms with E-state index < -0.39 is 0 Å². The normalized spacial score (nSPS) is 17.6. The lowest BCUT2D eigenvalue weighted by atomic mass is 9.96. The van der Waals surface area contributed by atoms with Gasteiger partial charge in [-0.25, -0.2) is 4.79 Å². The van der Waals surface area contributed by atoms with Crippen molar-refractivity contribution in [2.45, 2.75) is 46.0 Å². The van der Waals surface area contributed by atoms with Gasteiger partial charge >= 0.3 is 6.03 Å². The molecule has 6 heteroatoms. The van der Waals surface area contributed by atoms with Gasteiger partial charge in [0, 0.05) is 38.6 Å². The number of piperidine rings is 1. The quantitative estimate of drug-likeness (QED) is 0.762. The van der Waals surface area contributed by atoms with Crippen LogP contribution >= 0.6 is 0 Å². The van der Waals surface area contributed by atoms with E-state index in [9.17, 15) is 9.59 Å². The summed E-state index contributed by atoms with van der Waals surface area (Å²) in [6, 6.07) is 8.26. The average molecular weight is 402 g/mol. The number of carbonyl (C=O) groups excluding carboxylic acids is 2. The summed E-state index contributed by atoms with van der Waals surface area (Å²) in [6.07, 6.45) is 4.54. The number of urea groups is 1. The molecule has 1 aromatic rings. The lowest BCUT2D eigenvalue weighted by Crippen LogP contribution is -2.47. The van der Waals surface area contributed by atoms with Gasteiger partial charge in [-0.1, -0.05) is 26.0 Å². The Bertz CT molecular complexity index is 660. The van der Waals surface area contributed by atoms with Crippen molar-refractivity contribution < 1.29 is 14.3 Å². The SMILES string of the molecule is CC(C)COc1ccc(CCNC(=O)C2CCN(C(=O)N3CCCC3)CC2)cc1. The summed E-state index contributed by atoms with van der Waals surface area (Å²) in [6.45, 7) is 8.75. The molecule has 6 nitrogen and oxygen atoms in total. The van der Waals surface area contributed by atoms with Crippen LogP contribution in [0.3, 0.4) is 0 Å². The molecule has 1 aromatic carbocycles. The van der Waals surface area contributed by atoms with E-state index in [0.717, 1.165) is 57.6 Å². The molecule has 3 rings (SSSR count). The summed E-state index contributed by atoms with van der Waals surface area (Å²) in [5.74, 6) is 1.54. The van der Waals surface area contributed by atoms with E-state index in [2.05, 4.69) is 31.3 Å². The monoisotopic (exact) mass is 401 g/mol. The first-order valence-corrected chi connectivity index (χ1v) is 11.1. The van der Waals surface area contributed by atoms with E-state index in [1.165, 1.54) is 5.56 Å². The number of nitrogens with one attached hydrogen (secondary N) is 1. The van der Waals surface area contributed by atoms with Crippen molar-refractivity contribution in [1.82, 2.24) is 15.1 Å². The van der Waals surface area contributed by atoms with E-state index in [-0.39, 0.29) is 17.9 Å². The van der Waals surface area contributed by atoms with Gasteiger partial charge in [-0.3, -0.25) is 4.79 Å². The molecule has 2 saturated heterocycles. The average Bonchev–Trinajstić information content (AvgIpc) is 3.27. The molecule has 2 fully saturated rings. The molecule has 2 aliphatic rings. The topological polar surface area (TPSA) is 61.9 Å². The molecule has 0 unspecified atom stereocenters. The predicted octanol–water partition coefficient (Wildman–Crippen LogP) is 3.31. The molecule has 3 amide bonds. The summed E-state index contributed by atoms with van der Waals surface area (Å²) in [4.78, 5) is 28.8. The summed E-state index contributed by atoms with van der Waals surface area (Å²) >= 11 is 0. The molecule has 2 heterocycles. The van der Waals surface area contributed by atoms with Gasteiger partial charge in [0.1, 0.15) is 5.75 Å². The Morgan fingerprint density at radius 3 is 2.28 bits per heavy atom. The van der Waals surface area contributed by atoms with Gasteiger partial charge in [0.15, 0.2) is 0 Å². The Morgan fingerprint density at radius 2 is 1.66 bits per heavy atom. The number of amides is 3. The van der Waals surface area contributed by atoms with Gasteiger partial charge in [-0.2, -0.15) is 0 Å². The van der Waals surface area contributed by atoms with Crippen molar-refractivity contribution in [1.29, 1.82) is 0 Å². The number of ether oxygens (including phenoxy) is 1. The second-order valence-electron chi connectivity index (χ2n) is 8.63. The van der Waals surface area contributed by atoms with Crippen LogP contribution in [0.25, 0.3) is 0 Å². The molecule has 0 radical (unpaired) electrons. The number of hydrogen-bond donors (Lipinski definition) is 1. The lowest BCUT2D eigenvalue weighted by molar-refractivity contribution is -0.126. The van der Waals surface area contributed by atoms with Crippen molar-refractivity contribution in [3.63, 3.8) is 0 Å². The molecule has 0 atom stereocenters. The summed E-state index contributed by atoms with van der Waals surface area (Å²) < 4.78 is 5.70. The largest absolute Gasteiger partial charge is 0.493 e. The minimum atomic E-state index is 0.0180. The standard InChI is InChI=1S/C23H35N3O3/c1-18(2)17-29-21-7-5-19(6-8-21)9-12-24-22(27)20-10-15-26(16-11-20)23(28)25-13-3-4-14-25/h5-8,18,20H,3-4,9-17H2,1-2H3,(H,24,27). The van der Waals surface area contributed by atoms with E-state index in [1.54, 1.807) is 0 Å². The number of likely N-dealkylation sites (tertiary alicyclic amines) is 2. The molecule has 2 aliphatic heterocycles. The van der Waals surface area contributed by atoms with Crippen LogP contribution in [0.5, 0.6) is 5.75 Å². The van der Waals surface area contributed by atoms with Gasteiger partial charge in [-0.15, -0.1) is 0 Å². The molecule has 0 aliphatic carbocycles. The van der Waals surface area contributed by atoms with E-state index in [1.807, 2.05) is 21.9 Å². The van der Waals surface area contributed by atoms with Crippen molar-refractivity contribution >= 4 is 11.9 Å². The van der Waals surface area contributed by atoms with Crippen LogP contribution in [0, 0.1) is 11.8 Å². The van der Waals surface area contributed by atoms with Crippen molar-refractivity contribution in [2.24, 2.45) is 11.8 Å². The smallest absolute Gasteiger partial charge is 0.319 e. The van der Waals surface area contributed by atoms with Crippen molar-refractivity contribution in [2.75, 3.05) is 39.3 Å². The Kier molecular flexibility index (Phi) is 7.78. The summed E-state index contributed by atoms with van der Waals surface area (Å²) in [5.41, 5.74) is 1.19. The number of benzene rings is 1. The second-order valence-corrected chi connectivity index (χ2v) is 8.63. The van der Waals surface area contributed by atoms with Crippen LogP contribution < -0.4 is 10.1 Å². The minimum Gasteiger partial charge on any atom is -0.493 e. The van der Waals surface area contributed by atoms with E-state index >= 15 is 0 Å². The van der Waals surface area contributed by atoms with Gasteiger partial charge in [0.05, 0.1) is 6.61 Å². The summed E-state index contributed by atoms with van der Waals surface area (Å²) in [5, 5.41) is 3.07. The molecule has 1 N–H and O–H groups in total. The highest BCUT2D eigenvalue weighted by Gasteiger charge is 2.30. The van der Waals surface area contributed by atoms with E-state index in [0.29, 0.717) is 25.6 Å². The number of nitrogens with zero attached hydrogens (tertiary/aromatic N) is 2. The third kappa shape index (κ3) is 6.38. The van der Waals surface area contributed by atoms with Gasteiger partial charge in [0.25, 0.3) is 0 Å². The zero-order valence-corrected chi connectivity index (χ0v) is 17.9. The molecule has 160 valence electrons. The zero-order chi connectivity index (χ0) is 20.6. The fourth-order valence-electron chi connectivity index (χ4n) is 3.93. The highest BCUT2D eigenvalue weighted by molar-refractivity contribution is 5.79. The number of rotatable bonds is 7. The van der Waals surface area contributed by atoms with Crippen LogP contribution in [0.15, 0.2) is 24.3 Å². The van der Waals surface area contributed by atoms with Gasteiger partial charge < -0.3 is 19.9 Å². The maximum Gasteiger partial charge on any atom is 0.319 e. The zero-order valence-electron chi connectivity index (χ0n) is 17.9. The molecule has 29 heavy (non-hydrogen) atoms. The Labute approximate surface area is 174 Å². The molecular formula is C23H35N3O3. The highest BCUT2D eigenvalue weighted by Crippen LogP contribution is 2.20. The second kappa shape index (κ2) is 10.5. The van der Waals surface area contributed by atoms with Crippen LogP contribution in [0.4, 0.5) is 4.79 Å². The third-order valence-electron chi connectivity index (χ3n) is 5.73. The fraction of sp³-hybridized carbons (Fsp3) is 0.652. The molecule has 0 saturated carbocycles. The number of hydrogen-bond acceptors (Lipinski definition) is 3. The highest BCUT2D eigenvalue weighted by atomic mass is 16.5. The lowest BCUT2D eigenvalue weighted by Gasteiger charge is -2.34. The maximum absolute atomic E-state index is 12.5. The Balaban J connectivity index is 1.34. The van der Waals surface area contributed by atoms with Crippen LogP contribution in [0.2, 0.25) is 0 Å². The van der Waals surface area contributed by atoms with Crippen LogP contribution in [-0.4, -0.2) is 61.1 Å². The van der Waals surface area contributed by atoms with Gasteiger partial charge in [0.2, 0.25) is 5.91 Å². The first kappa shape index (κ1) is 21.5.